The van der Waals surface area contributed by atoms with Crippen molar-refractivity contribution in [2.75, 3.05) is 0 Å². The predicted octanol–water partition coefficient (Wildman–Crippen LogP) is 12.9. The first-order valence-electron chi connectivity index (χ1n) is 16.5. The van der Waals surface area contributed by atoms with Crippen LogP contribution in [0.15, 0.2) is 188 Å². The van der Waals surface area contributed by atoms with E-state index in [1.54, 1.807) is 0 Å². The molecule has 0 atom stereocenters. The van der Waals surface area contributed by atoms with Gasteiger partial charge in [-0.25, -0.2) is 4.98 Å². The quantitative estimate of drug-likeness (QED) is 0.177. The Morgan fingerprint density at radius 2 is 0.771 bits per heavy atom. The molecule has 0 spiro atoms. The van der Waals surface area contributed by atoms with Gasteiger partial charge in [-0.1, -0.05) is 182 Å². The van der Waals surface area contributed by atoms with Gasteiger partial charge in [-0.3, -0.25) is 0 Å². The molecular formula is C47H31N. The van der Waals surface area contributed by atoms with Gasteiger partial charge in [0.15, 0.2) is 0 Å². The molecule has 9 aromatic rings. The second-order valence-corrected chi connectivity index (χ2v) is 12.3. The molecule has 0 saturated heterocycles. The molecule has 9 rings (SSSR count). The fourth-order valence-corrected chi connectivity index (χ4v) is 7.27. The van der Waals surface area contributed by atoms with Crippen LogP contribution in [-0.2, 0) is 0 Å². The van der Waals surface area contributed by atoms with E-state index in [2.05, 4.69) is 182 Å². The number of rotatable bonds is 5. The Morgan fingerprint density at radius 1 is 0.271 bits per heavy atom. The lowest BCUT2D eigenvalue weighted by molar-refractivity contribution is 1.32. The van der Waals surface area contributed by atoms with Crippen molar-refractivity contribution >= 4 is 32.3 Å². The smallest absolute Gasteiger partial charge is 0.0787 e. The molecule has 1 nitrogen and oxygen atoms in total. The highest BCUT2D eigenvalue weighted by Crippen LogP contribution is 2.45. The van der Waals surface area contributed by atoms with E-state index in [-0.39, 0.29) is 0 Å². The zero-order valence-electron chi connectivity index (χ0n) is 26.3. The summed E-state index contributed by atoms with van der Waals surface area (Å²) in [5.74, 6) is 0. The summed E-state index contributed by atoms with van der Waals surface area (Å²) in [5, 5.41) is 7.56. The average Bonchev–Trinajstić information content (AvgIpc) is 3.17. The maximum absolute atomic E-state index is 5.21. The fraction of sp³-hybridized carbons (Fsp3) is 0. The van der Waals surface area contributed by atoms with Crippen molar-refractivity contribution in [2.24, 2.45) is 0 Å². The lowest BCUT2D eigenvalue weighted by Gasteiger charge is -2.19. The lowest BCUT2D eigenvalue weighted by Crippen LogP contribution is -1.93. The molecule has 0 amide bonds. The Hall–Kier alpha value is -6.31. The average molecular weight is 610 g/mol. The first-order chi connectivity index (χ1) is 23.8. The summed E-state index contributed by atoms with van der Waals surface area (Å²) in [5.41, 5.74) is 11.5. The van der Waals surface area contributed by atoms with Crippen molar-refractivity contribution in [3.05, 3.63) is 188 Å². The number of fused-ring (bicyclic) bond motifs is 3. The van der Waals surface area contributed by atoms with Gasteiger partial charge < -0.3 is 0 Å². The zero-order chi connectivity index (χ0) is 31.9. The number of nitrogens with zero attached hydrogens (tertiary/aromatic N) is 1. The molecule has 0 bridgehead atoms. The monoisotopic (exact) mass is 609 g/mol. The second-order valence-electron chi connectivity index (χ2n) is 12.3. The molecular weight excluding hydrogens is 579 g/mol. The Balaban J connectivity index is 1.23. The molecule has 0 N–H and O–H groups in total. The first-order valence-corrected chi connectivity index (χ1v) is 16.5. The highest BCUT2D eigenvalue weighted by Gasteiger charge is 2.18. The molecule has 0 unspecified atom stereocenters. The van der Waals surface area contributed by atoms with E-state index in [9.17, 15) is 0 Å². The van der Waals surface area contributed by atoms with Crippen molar-refractivity contribution in [3.8, 4) is 55.9 Å². The molecule has 1 aromatic heterocycles. The number of aromatic nitrogens is 1. The van der Waals surface area contributed by atoms with Crippen LogP contribution in [0.5, 0.6) is 0 Å². The Morgan fingerprint density at radius 3 is 1.42 bits per heavy atom. The van der Waals surface area contributed by atoms with Crippen LogP contribution in [0, 0.1) is 0 Å². The van der Waals surface area contributed by atoms with Crippen molar-refractivity contribution in [3.63, 3.8) is 0 Å². The van der Waals surface area contributed by atoms with Crippen molar-refractivity contribution < 1.29 is 0 Å². The number of hydrogen-bond donors (Lipinski definition) is 0. The second kappa shape index (κ2) is 11.8. The van der Waals surface area contributed by atoms with Crippen molar-refractivity contribution in [1.29, 1.82) is 0 Å². The summed E-state index contributed by atoms with van der Waals surface area (Å²) in [4.78, 5) is 5.21. The largest absolute Gasteiger partial charge is 0.247 e. The van der Waals surface area contributed by atoms with Gasteiger partial charge >= 0.3 is 0 Å². The number of benzene rings is 8. The molecule has 8 aromatic carbocycles. The normalized spacial score (nSPS) is 11.3. The minimum Gasteiger partial charge on any atom is -0.247 e. The summed E-state index contributed by atoms with van der Waals surface area (Å²) in [6.07, 6.45) is 0. The summed E-state index contributed by atoms with van der Waals surface area (Å²) >= 11 is 0. The maximum Gasteiger partial charge on any atom is 0.0787 e. The third-order valence-corrected chi connectivity index (χ3v) is 9.49. The minimum atomic E-state index is 0.971. The number of hydrogen-bond acceptors (Lipinski definition) is 1. The molecule has 0 radical (unpaired) electrons. The van der Waals surface area contributed by atoms with E-state index in [1.165, 1.54) is 54.6 Å². The zero-order valence-corrected chi connectivity index (χ0v) is 26.3. The minimum absolute atomic E-state index is 0.971. The Kier molecular flexibility index (Phi) is 6.87. The van der Waals surface area contributed by atoms with Crippen LogP contribution in [0.3, 0.4) is 0 Å². The fourth-order valence-electron chi connectivity index (χ4n) is 7.27. The predicted molar refractivity (Wildman–Crippen MR) is 204 cm³/mol. The van der Waals surface area contributed by atoms with E-state index in [4.69, 9.17) is 4.98 Å². The summed E-state index contributed by atoms with van der Waals surface area (Å²) in [7, 11) is 0. The van der Waals surface area contributed by atoms with Crippen LogP contribution in [0.2, 0.25) is 0 Å². The Bertz CT molecular complexity index is 2520. The van der Waals surface area contributed by atoms with E-state index in [0.29, 0.717) is 0 Å². The molecule has 0 saturated carbocycles. The lowest BCUT2D eigenvalue weighted by atomic mass is 9.84. The van der Waals surface area contributed by atoms with Gasteiger partial charge in [-0.2, -0.15) is 0 Å². The van der Waals surface area contributed by atoms with Crippen LogP contribution < -0.4 is 0 Å². The van der Waals surface area contributed by atoms with Gasteiger partial charge in [0, 0.05) is 16.7 Å². The van der Waals surface area contributed by atoms with Gasteiger partial charge in [0.2, 0.25) is 0 Å². The highest BCUT2D eigenvalue weighted by atomic mass is 14.7. The van der Waals surface area contributed by atoms with Gasteiger partial charge in [0.1, 0.15) is 0 Å². The molecule has 0 fully saturated rings. The van der Waals surface area contributed by atoms with Crippen LogP contribution in [-0.4, -0.2) is 4.98 Å². The van der Waals surface area contributed by atoms with Gasteiger partial charge in [0.25, 0.3) is 0 Å². The highest BCUT2D eigenvalue weighted by molar-refractivity contribution is 6.23. The van der Waals surface area contributed by atoms with Gasteiger partial charge in [-0.15, -0.1) is 0 Å². The van der Waals surface area contributed by atoms with Crippen LogP contribution in [0.1, 0.15) is 0 Å². The van der Waals surface area contributed by atoms with E-state index >= 15 is 0 Å². The summed E-state index contributed by atoms with van der Waals surface area (Å²) in [6.45, 7) is 0. The molecule has 1 heteroatoms. The maximum atomic E-state index is 5.21. The van der Waals surface area contributed by atoms with Crippen LogP contribution in [0.4, 0.5) is 0 Å². The first kappa shape index (κ1) is 28.0. The van der Waals surface area contributed by atoms with Crippen molar-refractivity contribution in [1.82, 2.24) is 4.98 Å². The van der Waals surface area contributed by atoms with E-state index in [1.807, 2.05) is 6.07 Å². The number of pyridine rings is 1. The SMILES string of the molecule is c1ccc(-c2ccc(-c3ccc(-c4c5ccccc5c(-c5cccc6ccccc56)c5ccccc45)cc3)c(-c3ccccc3)n2)cc1. The van der Waals surface area contributed by atoms with Crippen LogP contribution in [0.25, 0.3) is 88.2 Å². The van der Waals surface area contributed by atoms with E-state index < -0.39 is 0 Å². The standard InChI is InChI=1S/C47H31N/c1-3-15-34(16-4-1)44-31-30-38(47(48-44)36-17-5-2-6-18-36)33-26-28-35(29-27-33)45-40-21-9-11-23-42(40)46(43-24-12-10-22-41(43)45)39-25-13-19-32-14-7-8-20-37(32)39/h1-31H. The van der Waals surface area contributed by atoms with Gasteiger partial charge in [-0.05, 0) is 66.2 Å². The molecule has 0 aliphatic heterocycles. The molecule has 0 aliphatic rings. The summed E-state index contributed by atoms with van der Waals surface area (Å²) < 4.78 is 0. The molecule has 224 valence electrons. The Labute approximate surface area is 280 Å². The van der Waals surface area contributed by atoms with Crippen molar-refractivity contribution in [2.45, 2.75) is 0 Å². The summed E-state index contributed by atoms with van der Waals surface area (Å²) in [6, 6.07) is 67.4. The molecule has 0 aliphatic carbocycles. The third-order valence-electron chi connectivity index (χ3n) is 9.49. The molecule has 48 heavy (non-hydrogen) atoms. The van der Waals surface area contributed by atoms with Crippen LogP contribution >= 0.6 is 0 Å². The topological polar surface area (TPSA) is 12.9 Å². The van der Waals surface area contributed by atoms with Gasteiger partial charge in [0.05, 0.1) is 11.4 Å². The molecule has 1 heterocycles. The van der Waals surface area contributed by atoms with E-state index in [0.717, 1.165) is 33.6 Å². The third kappa shape index (κ3) is 4.76.